The molecule has 0 saturated carbocycles. The Bertz CT molecular complexity index is 520. The largest absolute Gasteiger partial charge is 0.373 e. The SMILES string of the molecule is CCSc1ccc([C@H](C)NC(=O)N[C@H]2C[C@H]3CC[C@H]2O3)cc1. The van der Waals surface area contributed by atoms with E-state index in [1.807, 2.05) is 18.7 Å². The van der Waals surface area contributed by atoms with Crippen LogP contribution in [0.1, 0.15) is 44.7 Å². The maximum Gasteiger partial charge on any atom is 0.315 e. The first-order valence-corrected chi connectivity index (χ1v) is 9.09. The number of amides is 2. The Balaban J connectivity index is 1.50. The molecule has 22 heavy (non-hydrogen) atoms. The Kier molecular flexibility index (Phi) is 4.93. The van der Waals surface area contributed by atoms with Gasteiger partial charge in [-0.05, 0) is 49.6 Å². The van der Waals surface area contributed by atoms with Gasteiger partial charge in [0.1, 0.15) is 0 Å². The van der Waals surface area contributed by atoms with Gasteiger partial charge in [0.05, 0.1) is 24.3 Å². The van der Waals surface area contributed by atoms with Crippen LogP contribution in [0.15, 0.2) is 29.2 Å². The van der Waals surface area contributed by atoms with Gasteiger partial charge in [-0.3, -0.25) is 0 Å². The minimum absolute atomic E-state index is 0.000172. The van der Waals surface area contributed by atoms with Crippen molar-refractivity contribution in [3.8, 4) is 0 Å². The molecule has 5 heteroatoms. The fourth-order valence-corrected chi connectivity index (χ4v) is 3.96. The maximum absolute atomic E-state index is 12.1. The number of hydrogen-bond acceptors (Lipinski definition) is 3. The van der Waals surface area contributed by atoms with Crippen LogP contribution in [0.3, 0.4) is 0 Å². The van der Waals surface area contributed by atoms with E-state index in [2.05, 4.69) is 41.8 Å². The van der Waals surface area contributed by atoms with E-state index in [-0.39, 0.29) is 24.2 Å². The number of thioether (sulfide) groups is 1. The van der Waals surface area contributed by atoms with Crippen molar-refractivity contribution < 1.29 is 9.53 Å². The molecule has 120 valence electrons. The molecule has 3 rings (SSSR count). The molecule has 0 radical (unpaired) electrons. The third-order valence-electron chi connectivity index (χ3n) is 4.46. The van der Waals surface area contributed by atoms with Crippen LogP contribution in [-0.2, 0) is 4.74 Å². The summed E-state index contributed by atoms with van der Waals surface area (Å²) < 4.78 is 5.77. The summed E-state index contributed by atoms with van der Waals surface area (Å²) in [6.07, 6.45) is 3.74. The quantitative estimate of drug-likeness (QED) is 0.817. The summed E-state index contributed by atoms with van der Waals surface area (Å²) in [5.41, 5.74) is 1.12. The first-order chi connectivity index (χ1) is 10.7. The van der Waals surface area contributed by atoms with Gasteiger partial charge in [-0.1, -0.05) is 19.1 Å². The molecule has 1 aromatic rings. The van der Waals surface area contributed by atoms with Gasteiger partial charge in [0, 0.05) is 4.90 Å². The van der Waals surface area contributed by atoms with Crippen molar-refractivity contribution in [2.24, 2.45) is 0 Å². The van der Waals surface area contributed by atoms with Gasteiger partial charge in [-0.15, -0.1) is 11.8 Å². The van der Waals surface area contributed by atoms with Gasteiger partial charge in [-0.2, -0.15) is 0 Å². The number of fused-ring (bicyclic) bond motifs is 2. The van der Waals surface area contributed by atoms with Crippen molar-refractivity contribution in [2.45, 2.75) is 62.3 Å². The highest BCUT2D eigenvalue weighted by Crippen LogP contribution is 2.34. The Hall–Kier alpha value is -1.20. The Morgan fingerprint density at radius 1 is 1.36 bits per heavy atom. The molecule has 0 spiro atoms. The van der Waals surface area contributed by atoms with Crippen LogP contribution >= 0.6 is 11.8 Å². The number of ether oxygens (including phenoxy) is 1. The summed E-state index contributed by atoms with van der Waals surface area (Å²) in [6, 6.07) is 8.48. The van der Waals surface area contributed by atoms with E-state index in [9.17, 15) is 4.79 Å². The molecular weight excluding hydrogens is 296 g/mol. The second-order valence-electron chi connectivity index (χ2n) is 6.06. The van der Waals surface area contributed by atoms with E-state index in [0.717, 1.165) is 30.6 Å². The molecule has 4 atom stereocenters. The van der Waals surface area contributed by atoms with Gasteiger partial charge in [0.2, 0.25) is 0 Å². The topological polar surface area (TPSA) is 50.4 Å². The van der Waals surface area contributed by atoms with Gasteiger partial charge in [0.15, 0.2) is 0 Å². The minimum Gasteiger partial charge on any atom is -0.373 e. The second kappa shape index (κ2) is 6.92. The van der Waals surface area contributed by atoms with Crippen LogP contribution in [-0.4, -0.2) is 30.0 Å². The molecule has 0 unspecified atom stereocenters. The van der Waals surface area contributed by atoms with Gasteiger partial charge >= 0.3 is 6.03 Å². The zero-order valence-corrected chi connectivity index (χ0v) is 14.0. The van der Waals surface area contributed by atoms with Crippen LogP contribution in [0.5, 0.6) is 0 Å². The molecule has 2 heterocycles. The molecule has 0 aromatic heterocycles. The molecule has 2 N–H and O–H groups in total. The van der Waals surface area contributed by atoms with Crippen molar-refractivity contribution in [3.05, 3.63) is 29.8 Å². The van der Waals surface area contributed by atoms with Crippen LogP contribution < -0.4 is 10.6 Å². The normalized spacial score (nSPS) is 27.6. The summed E-state index contributed by atoms with van der Waals surface area (Å²) in [4.78, 5) is 13.4. The highest BCUT2D eigenvalue weighted by atomic mass is 32.2. The number of nitrogens with one attached hydrogen (secondary N) is 2. The first-order valence-electron chi connectivity index (χ1n) is 8.11. The van der Waals surface area contributed by atoms with E-state index in [1.54, 1.807) is 0 Å². The molecular formula is C17H24N2O2S. The average Bonchev–Trinajstić information content (AvgIpc) is 3.10. The maximum atomic E-state index is 12.1. The van der Waals surface area contributed by atoms with E-state index in [1.165, 1.54) is 4.90 Å². The summed E-state index contributed by atoms with van der Waals surface area (Å²) in [7, 11) is 0. The number of carbonyl (C=O) groups is 1. The molecule has 2 aliphatic rings. The standard InChI is InChI=1S/C17H24N2O2S/c1-3-22-14-7-4-12(5-8-14)11(2)18-17(20)19-15-10-13-6-9-16(15)21-13/h4-5,7-8,11,13,15-16H,3,6,9-10H2,1-2H3,(H2,18,19,20)/t11-,13+,15-,16+/m0/s1. The minimum atomic E-state index is -0.0966. The molecule has 4 nitrogen and oxygen atoms in total. The molecule has 1 aromatic carbocycles. The van der Waals surface area contributed by atoms with Crippen LogP contribution in [0, 0.1) is 0 Å². The van der Waals surface area contributed by atoms with Gasteiger partial charge in [0.25, 0.3) is 0 Å². The Morgan fingerprint density at radius 3 is 2.73 bits per heavy atom. The number of benzene rings is 1. The predicted molar refractivity (Wildman–Crippen MR) is 89.2 cm³/mol. The molecule has 2 amide bonds. The first kappa shape index (κ1) is 15.7. The van der Waals surface area contributed by atoms with Crippen LogP contribution in [0.25, 0.3) is 0 Å². The zero-order valence-electron chi connectivity index (χ0n) is 13.2. The summed E-state index contributed by atoms with van der Waals surface area (Å²) >= 11 is 1.82. The lowest BCUT2D eigenvalue weighted by Crippen LogP contribution is -2.46. The van der Waals surface area contributed by atoms with Crippen molar-refractivity contribution in [1.29, 1.82) is 0 Å². The number of urea groups is 1. The molecule has 2 fully saturated rings. The lowest BCUT2D eigenvalue weighted by molar-refractivity contribution is 0.0980. The summed E-state index contributed by atoms with van der Waals surface area (Å²) in [5.74, 6) is 1.07. The zero-order chi connectivity index (χ0) is 15.5. The van der Waals surface area contributed by atoms with Crippen LogP contribution in [0.2, 0.25) is 0 Å². The van der Waals surface area contributed by atoms with E-state index in [0.29, 0.717) is 6.10 Å². The van der Waals surface area contributed by atoms with E-state index >= 15 is 0 Å². The van der Waals surface area contributed by atoms with E-state index < -0.39 is 0 Å². The molecule has 2 bridgehead atoms. The number of hydrogen-bond donors (Lipinski definition) is 2. The second-order valence-corrected chi connectivity index (χ2v) is 7.40. The van der Waals surface area contributed by atoms with Gasteiger partial charge < -0.3 is 15.4 Å². The summed E-state index contributed by atoms with van der Waals surface area (Å²) in [6.45, 7) is 4.16. The van der Waals surface area contributed by atoms with Gasteiger partial charge in [-0.25, -0.2) is 4.79 Å². The summed E-state index contributed by atoms with van der Waals surface area (Å²) in [5, 5.41) is 6.09. The fraction of sp³-hybridized carbons (Fsp3) is 0.588. The van der Waals surface area contributed by atoms with E-state index in [4.69, 9.17) is 4.74 Å². The van der Waals surface area contributed by atoms with Crippen molar-refractivity contribution in [3.63, 3.8) is 0 Å². The molecule has 2 aliphatic heterocycles. The molecule has 0 aliphatic carbocycles. The number of carbonyl (C=O) groups excluding carboxylic acids is 1. The smallest absolute Gasteiger partial charge is 0.315 e. The Labute approximate surface area is 136 Å². The molecule has 2 saturated heterocycles. The lowest BCUT2D eigenvalue weighted by atomic mass is 9.96. The monoisotopic (exact) mass is 320 g/mol. The lowest BCUT2D eigenvalue weighted by Gasteiger charge is -2.22. The van der Waals surface area contributed by atoms with Crippen molar-refractivity contribution >= 4 is 17.8 Å². The van der Waals surface area contributed by atoms with Crippen LogP contribution in [0.4, 0.5) is 4.79 Å². The Morgan fingerprint density at radius 2 is 2.14 bits per heavy atom. The highest BCUT2D eigenvalue weighted by molar-refractivity contribution is 7.99. The highest BCUT2D eigenvalue weighted by Gasteiger charge is 2.41. The van der Waals surface area contributed by atoms with Crippen molar-refractivity contribution in [1.82, 2.24) is 10.6 Å². The predicted octanol–water partition coefficient (Wildman–Crippen LogP) is 3.48. The number of rotatable bonds is 5. The third kappa shape index (κ3) is 3.58. The third-order valence-corrected chi connectivity index (χ3v) is 5.36. The average molecular weight is 320 g/mol. The van der Waals surface area contributed by atoms with Crippen molar-refractivity contribution in [2.75, 3.05) is 5.75 Å². The fourth-order valence-electron chi connectivity index (χ4n) is 3.30.